The van der Waals surface area contributed by atoms with Crippen molar-refractivity contribution in [2.45, 2.75) is 6.92 Å². The number of hydrogen-bond donors (Lipinski definition) is 1. The Bertz CT molecular complexity index is 1010. The number of amides is 1. The molecule has 0 radical (unpaired) electrons. The van der Waals surface area contributed by atoms with Gasteiger partial charge in [-0.05, 0) is 36.8 Å². The number of aryl methyl sites for hydroxylation is 2. The average molecular weight is 429 g/mol. The molecular formula is C20H21BrN4O2. The molecule has 0 atom stereocenters. The molecule has 1 N–H and O–H groups in total. The molecule has 3 aromatic rings. The number of morpholine rings is 1. The number of aromatic nitrogens is 2. The standard InChI is InChI=1S/C20H21BrN4O2/c1-13-11-14(21)3-4-17(13)23-19-15-5-6-24(2)18(15)16(12-22-19)20(26)25-7-9-27-10-8-25/h3-6,11-12H,7-10H2,1-2H3,(H,22,23). The summed E-state index contributed by atoms with van der Waals surface area (Å²) in [7, 11) is 1.95. The molecule has 27 heavy (non-hydrogen) atoms. The highest BCUT2D eigenvalue weighted by molar-refractivity contribution is 9.10. The Hall–Kier alpha value is -2.38. The Morgan fingerprint density at radius 3 is 2.78 bits per heavy atom. The molecule has 0 spiro atoms. The number of benzene rings is 1. The predicted molar refractivity (Wildman–Crippen MR) is 110 cm³/mol. The van der Waals surface area contributed by atoms with Gasteiger partial charge in [-0.25, -0.2) is 4.98 Å². The monoisotopic (exact) mass is 428 g/mol. The van der Waals surface area contributed by atoms with Gasteiger partial charge in [0.15, 0.2) is 0 Å². The van der Waals surface area contributed by atoms with E-state index in [-0.39, 0.29) is 5.91 Å². The first-order valence-electron chi connectivity index (χ1n) is 8.89. The lowest BCUT2D eigenvalue weighted by Crippen LogP contribution is -2.40. The molecule has 0 saturated carbocycles. The second kappa shape index (κ2) is 7.32. The van der Waals surface area contributed by atoms with Crippen LogP contribution in [0.5, 0.6) is 0 Å². The summed E-state index contributed by atoms with van der Waals surface area (Å²) in [6.45, 7) is 4.44. The zero-order chi connectivity index (χ0) is 19.0. The zero-order valence-electron chi connectivity index (χ0n) is 15.3. The number of hydrogen-bond acceptors (Lipinski definition) is 4. The van der Waals surface area contributed by atoms with Gasteiger partial charge >= 0.3 is 0 Å². The third kappa shape index (κ3) is 3.44. The van der Waals surface area contributed by atoms with Crippen molar-refractivity contribution in [3.63, 3.8) is 0 Å². The second-order valence-corrected chi connectivity index (χ2v) is 7.61. The van der Waals surface area contributed by atoms with Crippen molar-refractivity contribution in [3.05, 3.63) is 52.3 Å². The lowest BCUT2D eigenvalue weighted by atomic mass is 10.1. The van der Waals surface area contributed by atoms with Crippen LogP contribution in [-0.4, -0.2) is 46.7 Å². The van der Waals surface area contributed by atoms with Crippen LogP contribution in [0.1, 0.15) is 15.9 Å². The van der Waals surface area contributed by atoms with Crippen molar-refractivity contribution in [3.8, 4) is 0 Å². The molecule has 1 saturated heterocycles. The number of rotatable bonds is 3. The second-order valence-electron chi connectivity index (χ2n) is 6.70. The topological polar surface area (TPSA) is 59.4 Å². The van der Waals surface area contributed by atoms with E-state index in [1.54, 1.807) is 6.20 Å². The van der Waals surface area contributed by atoms with Crippen LogP contribution in [0.15, 0.2) is 41.1 Å². The van der Waals surface area contributed by atoms with Gasteiger partial charge in [-0.2, -0.15) is 0 Å². The van der Waals surface area contributed by atoms with Gasteiger partial charge in [0.25, 0.3) is 5.91 Å². The molecule has 0 bridgehead atoms. The molecule has 6 nitrogen and oxygen atoms in total. The van der Waals surface area contributed by atoms with Gasteiger partial charge in [-0.1, -0.05) is 15.9 Å². The van der Waals surface area contributed by atoms with Crippen LogP contribution in [0.3, 0.4) is 0 Å². The van der Waals surface area contributed by atoms with Crippen LogP contribution < -0.4 is 5.32 Å². The van der Waals surface area contributed by atoms with Gasteiger partial charge in [0.1, 0.15) is 5.82 Å². The molecule has 3 heterocycles. The Labute approximate surface area is 166 Å². The minimum absolute atomic E-state index is 0.00368. The number of carbonyl (C=O) groups is 1. The highest BCUT2D eigenvalue weighted by Crippen LogP contribution is 2.30. The van der Waals surface area contributed by atoms with Crippen LogP contribution >= 0.6 is 15.9 Å². The van der Waals surface area contributed by atoms with Crippen molar-refractivity contribution in [2.75, 3.05) is 31.6 Å². The minimum Gasteiger partial charge on any atom is -0.378 e. The molecule has 1 fully saturated rings. The molecule has 1 aromatic carbocycles. The SMILES string of the molecule is Cc1cc(Br)ccc1Nc1ncc(C(=O)N2CCOCC2)c2c1ccn2C. The third-order valence-corrected chi connectivity index (χ3v) is 5.37. The maximum Gasteiger partial charge on any atom is 0.257 e. The first kappa shape index (κ1) is 18.0. The summed E-state index contributed by atoms with van der Waals surface area (Å²) in [6.07, 6.45) is 3.64. The maximum atomic E-state index is 13.0. The Morgan fingerprint density at radius 2 is 2.04 bits per heavy atom. The Morgan fingerprint density at radius 1 is 1.26 bits per heavy atom. The number of nitrogens with one attached hydrogen (secondary N) is 1. The van der Waals surface area contributed by atoms with E-state index in [0.717, 1.165) is 32.4 Å². The smallest absolute Gasteiger partial charge is 0.257 e. The molecule has 1 aliphatic rings. The fourth-order valence-electron chi connectivity index (χ4n) is 3.40. The number of pyridine rings is 1. The minimum atomic E-state index is 0.00368. The predicted octanol–water partition coefficient (Wildman–Crippen LogP) is 3.86. The normalized spacial score (nSPS) is 14.6. The molecule has 2 aromatic heterocycles. The average Bonchev–Trinajstić information content (AvgIpc) is 3.07. The zero-order valence-corrected chi connectivity index (χ0v) is 16.9. The summed E-state index contributed by atoms with van der Waals surface area (Å²) in [5.41, 5.74) is 3.61. The lowest BCUT2D eigenvalue weighted by Gasteiger charge is -2.27. The molecule has 4 rings (SSSR count). The van der Waals surface area contributed by atoms with E-state index in [1.807, 2.05) is 47.8 Å². The van der Waals surface area contributed by atoms with Crippen molar-refractivity contribution in [1.82, 2.24) is 14.5 Å². The highest BCUT2D eigenvalue weighted by Gasteiger charge is 2.23. The van der Waals surface area contributed by atoms with Crippen LogP contribution in [0.4, 0.5) is 11.5 Å². The van der Waals surface area contributed by atoms with E-state index in [2.05, 4.69) is 32.3 Å². The number of ether oxygens (including phenoxy) is 1. The molecule has 0 unspecified atom stereocenters. The summed E-state index contributed by atoms with van der Waals surface area (Å²) >= 11 is 3.49. The van der Waals surface area contributed by atoms with Gasteiger partial charge < -0.3 is 19.5 Å². The van der Waals surface area contributed by atoms with Crippen molar-refractivity contribution >= 4 is 44.2 Å². The summed E-state index contributed by atoms with van der Waals surface area (Å²) in [5.74, 6) is 0.749. The third-order valence-electron chi connectivity index (χ3n) is 4.88. The first-order chi connectivity index (χ1) is 13.0. The fourth-order valence-corrected chi connectivity index (χ4v) is 3.88. The van der Waals surface area contributed by atoms with Crippen molar-refractivity contribution < 1.29 is 9.53 Å². The highest BCUT2D eigenvalue weighted by atomic mass is 79.9. The van der Waals surface area contributed by atoms with E-state index >= 15 is 0 Å². The van der Waals surface area contributed by atoms with Gasteiger partial charge in [-0.15, -0.1) is 0 Å². The van der Waals surface area contributed by atoms with E-state index < -0.39 is 0 Å². The van der Waals surface area contributed by atoms with Crippen LogP contribution in [0, 0.1) is 6.92 Å². The number of anilines is 2. The number of fused-ring (bicyclic) bond motifs is 1. The first-order valence-corrected chi connectivity index (χ1v) is 9.68. The number of halogens is 1. The molecule has 140 valence electrons. The summed E-state index contributed by atoms with van der Waals surface area (Å²) in [5, 5.41) is 4.34. The molecule has 1 amide bonds. The van der Waals surface area contributed by atoms with Gasteiger partial charge in [0.05, 0.1) is 24.3 Å². The summed E-state index contributed by atoms with van der Waals surface area (Å²) < 4.78 is 8.37. The van der Waals surface area contributed by atoms with Crippen molar-refractivity contribution in [2.24, 2.45) is 7.05 Å². The van der Waals surface area contributed by atoms with Gasteiger partial charge in [-0.3, -0.25) is 4.79 Å². The summed E-state index contributed by atoms with van der Waals surface area (Å²) in [6, 6.07) is 8.06. The quantitative estimate of drug-likeness (QED) is 0.687. The number of nitrogens with zero attached hydrogens (tertiary/aromatic N) is 3. The Kier molecular flexibility index (Phi) is 4.88. The van der Waals surface area contributed by atoms with Crippen LogP contribution in [0.25, 0.3) is 10.9 Å². The number of carbonyl (C=O) groups excluding carboxylic acids is 1. The maximum absolute atomic E-state index is 13.0. The van der Waals surface area contributed by atoms with Gasteiger partial charge in [0.2, 0.25) is 0 Å². The van der Waals surface area contributed by atoms with E-state index in [4.69, 9.17) is 4.74 Å². The Balaban J connectivity index is 1.73. The summed E-state index contributed by atoms with van der Waals surface area (Å²) in [4.78, 5) is 19.4. The fraction of sp³-hybridized carbons (Fsp3) is 0.300. The van der Waals surface area contributed by atoms with E-state index in [0.29, 0.717) is 31.9 Å². The molecule has 1 aliphatic heterocycles. The molecular weight excluding hydrogens is 408 g/mol. The van der Waals surface area contributed by atoms with Gasteiger partial charge in [0, 0.05) is 48.1 Å². The largest absolute Gasteiger partial charge is 0.378 e. The molecule has 0 aliphatic carbocycles. The van der Waals surface area contributed by atoms with E-state index in [1.165, 1.54) is 0 Å². The molecule has 7 heteroatoms. The van der Waals surface area contributed by atoms with Crippen LogP contribution in [0.2, 0.25) is 0 Å². The van der Waals surface area contributed by atoms with Crippen molar-refractivity contribution in [1.29, 1.82) is 0 Å². The van der Waals surface area contributed by atoms with Crippen LogP contribution in [-0.2, 0) is 11.8 Å². The lowest BCUT2D eigenvalue weighted by molar-refractivity contribution is 0.0303. The van der Waals surface area contributed by atoms with E-state index in [9.17, 15) is 4.79 Å².